The molecule has 0 spiro atoms. The van der Waals surface area contributed by atoms with Crippen LogP contribution in [0.3, 0.4) is 0 Å². The van der Waals surface area contributed by atoms with Gasteiger partial charge in [0.05, 0.1) is 49.4 Å². The number of benzene rings is 1. The number of hydrogen-bond donors (Lipinski definition) is 0. The first kappa shape index (κ1) is 19.6. The third-order valence-corrected chi connectivity index (χ3v) is 7.73. The topological polar surface area (TPSA) is 106 Å². The second-order valence-electron chi connectivity index (χ2n) is 9.31. The summed E-state index contributed by atoms with van der Waals surface area (Å²) in [5.74, 6) is -0.0642. The van der Waals surface area contributed by atoms with Gasteiger partial charge >= 0.3 is 6.09 Å². The molecule has 34 heavy (non-hydrogen) atoms. The molecule has 0 bridgehead atoms. The van der Waals surface area contributed by atoms with E-state index in [9.17, 15) is 10.1 Å². The first-order chi connectivity index (χ1) is 16.6. The Balaban J connectivity index is 1.18. The minimum Gasteiger partial charge on any atom is -0.442 e. The Morgan fingerprint density at radius 1 is 1.26 bits per heavy atom. The Morgan fingerprint density at radius 3 is 2.82 bits per heavy atom. The van der Waals surface area contributed by atoms with Crippen molar-refractivity contribution < 1.29 is 18.7 Å². The van der Waals surface area contributed by atoms with E-state index < -0.39 is 23.4 Å². The first-order valence-corrected chi connectivity index (χ1v) is 11.2. The van der Waals surface area contributed by atoms with Gasteiger partial charge in [0.1, 0.15) is 17.3 Å². The van der Waals surface area contributed by atoms with Crippen LogP contribution >= 0.6 is 0 Å². The lowest BCUT2D eigenvalue weighted by molar-refractivity contribution is 0.117. The normalized spacial score (nSPS) is 30.5. The van der Waals surface area contributed by atoms with E-state index >= 15 is 4.39 Å². The molecule has 9 nitrogen and oxygen atoms in total. The van der Waals surface area contributed by atoms with Gasteiger partial charge in [-0.3, -0.25) is 9.88 Å². The number of rotatable bonds is 4. The standard InChI is InChI=1S/C24H19FN6O3/c25-18-7-19-14(6-20-21(34-23(32)31(19)20)9-30-4-3-28-29-30)5-15(18)13-1-2-22(27-8-13)24(12-26)16-10-33-11-17(16)24/h1-5,7-8,16-17,20-21H,6,9-11H2/t16-,17+,20-,21-,24?/m0/s1. The average Bonchev–Trinajstić information content (AvgIpc) is 3.45. The highest BCUT2D eigenvalue weighted by Gasteiger charge is 2.70. The van der Waals surface area contributed by atoms with Crippen molar-refractivity contribution in [3.63, 3.8) is 0 Å². The fraction of sp³-hybridized carbons (Fsp3) is 0.375. The van der Waals surface area contributed by atoms with E-state index in [1.807, 2.05) is 12.1 Å². The summed E-state index contributed by atoms with van der Waals surface area (Å²) < 4.78 is 27.8. The van der Waals surface area contributed by atoms with Crippen molar-refractivity contribution in [1.29, 1.82) is 5.26 Å². The highest BCUT2D eigenvalue weighted by atomic mass is 19.1. The maximum Gasteiger partial charge on any atom is 0.415 e. The van der Waals surface area contributed by atoms with Gasteiger partial charge in [-0.1, -0.05) is 11.3 Å². The van der Waals surface area contributed by atoms with Gasteiger partial charge in [0.25, 0.3) is 0 Å². The highest BCUT2D eigenvalue weighted by molar-refractivity contribution is 5.94. The maximum absolute atomic E-state index is 15.2. The number of anilines is 1. The van der Waals surface area contributed by atoms with E-state index in [0.717, 1.165) is 11.3 Å². The number of nitrogens with zero attached hydrogens (tertiary/aromatic N) is 6. The molecule has 7 rings (SSSR count). The Labute approximate surface area is 193 Å². The van der Waals surface area contributed by atoms with Gasteiger partial charge in [0.15, 0.2) is 0 Å². The van der Waals surface area contributed by atoms with Crippen LogP contribution < -0.4 is 4.90 Å². The van der Waals surface area contributed by atoms with E-state index in [4.69, 9.17) is 9.47 Å². The Hall–Kier alpha value is -3.84. The molecule has 4 aliphatic rings. The van der Waals surface area contributed by atoms with E-state index in [0.29, 0.717) is 43.0 Å². The second-order valence-corrected chi connectivity index (χ2v) is 9.31. The molecule has 3 fully saturated rings. The Kier molecular flexibility index (Phi) is 3.94. The largest absolute Gasteiger partial charge is 0.442 e. The molecule has 3 aromatic rings. The van der Waals surface area contributed by atoms with Crippen LogP contribution in [0.15, 0.2) is 42.9 Å². The summed E-state index contributed by atoms with van der Waals surface area (Å²) in [6, 6.07) is 9.05. The molecule has 1 unspecified atom stereocenters. The molecule has 5 heterocycles. The number of amides is 1. The minimum atomic E-state index is -0.586. The predicted octanol–water partition coefficient (Wildman–Crippen LogP) is 2.47. The van der Waals surface area contributed by atoms with Crippen molar-refractivity contribution in [2.75, 3.05) is 18.1 Å². The van der Waals surface area contributed by atoms with Crippen molar-refractivity contribution in [2.45, 2.75) is 30.5 Å². The molecule has 1 aromatic carbocycles. The van der Waals surface area contributed by atoms with Gasteiger partial charge in [0, 0.05) is 35.4 Å². The van der Waals surface area contributed by atoms with Crippen LogP contribution in [0.1, 0.15) is 11.3 Å². The number of aromatic nitrogens is 4. The van der Waals surface area contributed by atoms with Crippen LogP contribution in [-0.2, 0) is 27.9 Å². The molecular formula is C24H19FN6O3. The molecule has 5 atom stereocenters. The highest BCUT2D eigenvalue weighted by Crippen LogP contribution is 2.62. The zero-order valence-electron chi connectivity index (χ0n) is 18.0. The fourth-order valence-electron chi connectivity index (χ4n) is 5.94. The number of ether oxygens (including phenoxy) is 2. The van der Waals surface area contributed by atoms with Crippen molar-refractivity contribution in [2.24, 2.45) is 11.8 Å². The van der Waals surface area contributed by atoms with Crippen molar-refractivity contribution in [3.05, 3.63) is 59.9 Å². The van der Waals surface area contributed by atoms with Crippen LogP contribution in [0.4, 0.5) is 14.9 Å². The zero-order chi connectivity index (χ0) is 23.0. The fourth-order valence-corrected chi connectivity index (χ4v) is 5.94. The van der Waals surface area contributed by atoms with Crippen LogP contribution in [0, 0.1) is 29.0 Å². The molecule has 2 saturated heterocycles. The molecule has 1 amide bonds. The molecule has 170 valence electrons. The molecule has 10 heteroatoms. The van der Waals surface area contributed by atoms with Gasteiger partial charge in [-0.25, -0.2) is 13.9 Å². The Morgan fingerprint density at radius 2 is 2.12 bits per heavy atom. The number of hydrogen-bond acceptors (Lipinski definition) is 7. The smallest absolute Gasteiger partial charge is 0.415 e. The number of fused-ring (bicyclic) bond motifs is 4. The molecule has 2 aromatic heterocycles. The number of nitriles is 1. The van der Waals surface area contributed by atoms with Crippen molar-refractivity contribution in [3.8, 4) is 17.2 Å². The van der Waals surface area contributed by atoms with E-state index in [1.54, 1.807) is 29.3 Å². The number of cyclic esters (lactones) is 1. The summed E-state index contributed by atoms with van der Waals surface area (Å²) >= 11 is 0. The van der Waals surface area contributed by atoms with Crippen molar-refractivity contribution in [1.82, 2.24) is 20.0 Å². The van der Waals surface area contributed by atoms with Gasteiger partial charge in [-0.2, -0.15) is 5.26 Å². The van der Waals surface area contributed by atoms with Crippen LogP contribution in [-0.4, -0.2) is 51.4 Å². The zero-order valence-corrected chi connectivity index (χ0v) is 18.0. The van der Waals surface area contributed by atoms with Gasteiger partial charge in [0.2, 0.25) is 0 Å². The SMILES string of the molecule is N#CC1(c2ccc(-c3cc4c(cc3F)N3C(=O)O[C@@H](Cn5ccnn5)[C@@H]3C4)cn2)[C@@H]2COC[C@@H]21. The van der Waals surface area contributed by atoms with Gasteiger partial charge < -0.3 is 9.47 Å². The average molecular weight is 458 g/mol. The lowest BCUT2D eigenvalue weighted by Gasteiger charge is -2.16. The van der Waals surface area contributed by atoms with E-state index in [2.05, 4.69) is 21.4 Å². The molecular weight excluding hydrogens is 439 g/mol. The number of carbonyl (C=O) groups is 1. The summed E-state index contributed by atoms with van der Waals surface area (Å²) in [4.78, 5) is 18.7. The lowest BCUT2D eigenvalue weighted by Crippen LogP contribution is -2.35. The molecule has 0 N–H and O–H groups in total. The molecule has 3 aliphatic heterocycles. The number of halogens is 1. The number of pyridine rings is 1. The summed E-state index contributed by atoms with van der Waals surface area (Å²) in [6.07, 6.45) is 4.59. The predicted molar refractivity (Wildman–Crippen MR) is 115 cm³/mol. The quantitative estimate of drug-likeness (QED) is 0.591. The summed E-state index contributed by atoms with van der Waals surface area (Å²) in [5, 5.41) is 17.5. The first-order valence-electron chi connectivity index (χ1n) is 11.2. The monoisotopic (exact) mass is 458 g/mol. The maximum atomic E-state index is 15.2. The summed E-state index contributed by atoms with van der Waals surface area (Å²) in [6.45, 7) is 1.55. The van der Waals surface area contributed by atoms with Crippen molar-refractivity contribution >= 4 is 11.8 Å². The lowest BCUT2D eigenvalue weighted by atomic mass is 9.95. The number of carbonyl (C=O) groups excluding carboxylic acids is 1. The summed E-state index contributed by atoms with van der Waals surface area (Å²) in [5.41, 5.74) is 2.61. The molecule has 1 saturated carbocycles. The van der Waals surface area contributed by atoms with Crippen LogP contribution in [0.2, 0.25) is 0 Å². The van der Waals surface area contributed by atoms with E-state index in [-0.39, 0.29) is 17.9 Å². The molecule has 1 aliphatic carbocycles. The second kappa shape index (κ2) is 6.84. The minimum absolute atomic E-state index is 0.186. The molecule has 0 radical (unpaired) electrons. The third-order valence-electron chi connectivity index (χ3n) is 7.73. The van der Waals surface area contributed by atoms with Gasteiger partial charge in [-0.15, -0.1) is 5.10 Å². The summed E-state index contributed by atoms with van der Waals surface area (Å²) in [7, 11) is 0. The Bertz CT molecular complexity index is 1340. The van der Waals surface area contributed by atoms with E-state index in [1.165, 1.54) is 11.0 Å². The van der Waals surface area contributed by atoms with Gasteiger partial charge in [-0.05, 0) is 30.2 Å². The van der Waals surface area contributed by atoms with Crippen LogP contribution in [0.25, 0.3) is 11.1 Å². The van der Waals surface area contributed by atoms with Crippen LogP contribution in [0.5, 0.6) is 0 Å². The third kappa shape index (κ3) is 2.56.